The van der Waals surface area contributed by atoms with Gasteiger partial charge in [0.15, 0.2) is 0 Å². The quantitative estimate of drug-likeness (QED) is 0.757. The van der Waals surface area contributed by atoms with Crippen molar-refractivity contribution in [1.29, 1.82) is 0 Å². The van der Waals surface area contributed by atoms with Crippen LogP contribution in [0.15, 0.2) is 36.7 Å². The van der Waals surface area contributed by atoms with Crippen LogP contribution in [-0.4, -0.2) is 28.9 Å². The Balaban J connectivity index is 1.79. The molecule has 27 heavy (non-hydrogen) atoms. The summed E-state index contributed by atoms with van der Waals surface area (Å²) in [6, 6.07) is 4.61. The first-order valence-corrected chi connectivity index (χ1v) is 9.00. The maximum atomic E-state index is 12.9. The number of carbonyl (C=O) groups excluding carboxylic acids is 1. The summed E-state index contributed by atoms with van der Waals surface area (Å²) >= 11 is 6.01. The Morgan fingerprint density at radius 1 is 1.22 bits per heavy atom. The molecule has 1 aliphatic rings. The van der Waals surface area contributed by atoms with Gasteiger partial charge < -0.3 is 10.2 Å². The van der Waals surface area contributed by atoms with E-state index in [0.717, 1.165) is 25.0 Å². The number of halogens is 4. The molecule has 2 heterocycles. The first kappa shape index (κ1) is 19.5. The van der Waals surface area contributed by atoms with Gasteiger partial charge in [-0.05, 0) is 43.0 Å². The first-order valence-electron chi connectivity index (χ1n) is 8.62. The largest absolute Gasteiger partial charge is 0.416 e. The molecule has 4 nitrogen and oxygen atoms in total. The Kier molecular flexibility index (Phi) is 5.60. The minimum Gasteiger partial charge on any atom is -0.353 e. The number of rotatable bonds is 3. The molecular weight excluding hydrogens is 379 g/mol. The summed E-state index contributed by atoms with van der Waals surface area (Å²) in [5, 5.41) is 2.97. The van der Waals surface area contributed by atoms with Crippen molar-refractivity contribution in [3.8, 4) is 0 Å². The third-order valence-corrected chi connectivity index (χ3v) is 4.96. The molecule has 0 radical (unpaired) electrons. The van der Waals surface area contributed by atoms with E-state index in [1.54, 1.807) is 11.0 Å². The third-order valence-electron chi connectivity index (χ3n) is 4.63. The predicted molar refractivity (Wildman–Crippen MR) is 98.3 cm³/mol. The number of benzene rings is 1. The molecule has 0 bridgehead atoms. The van der Waals surface area contributed by atoms with Crippen LogP contribution in [0.25, 0.3) is 0 Å². The van der Waals surface area contributed by atoms with Crippen LogP contribution < -0.4 is 5.32 Å². The molecule has 1 fully saturated rings. The van der Waals surface area contributed by atoms with Crippen molar-refractivity contribution < 1.29 is 18.0 Å². The standard InChI is InChI=1S/C19H19ClF3N3O/c1-12-4-6-26(7-5-12)18(27)13-8-15(11-24-10-13)25-17-9-14(19(21,22)23)2-3-16(17)20/h2-3,8-12,25H,4-7H2,1H3. The van der Waals surface area contributed by atoms with Crippen molar-refractivity contribution in [3.05, 3.63) is 52.8 Å². The Hall–Kier alpha value is -2.28. The lowest BCUT2D eigenvalue weighted by atomic mass is 9.99. The smallest absolute Gasteiger partial charge is 0.353 e. The minimum absolute atomic E-state index is 0.102. The zero-order chi connectivity index (χ0) is 19.6. The maximum absolute atomic E-state index is 12.9. The van der Waals surface area contributed by atoms with Gasteiger partial charge in [0.05, 0.1) is 33.7 Å². The fourth-order valence-corrected chi connectivity index (χ4v) is 3.14. The molecule has 0 unspecified atom stereocenters. The van der Waals surface area contributed by atoms with Gasteiger partial charge in [0.1, 0.15) is 0 Å². The van der Waals surface area contributed by atoms with Crippen LogP contribution in [-0.2, 0) is 6.18 Å². The SMILES string of the molecule is CC1CCN(C(=O)c2cncc(Nc3cc(C(F)(F)F)ccc3Cl)c2)CC1. The lowest BCUT2D eigenvalue weighted by Crippen LogP contribution is -2.37. The number of hydrogen-bond donors (Lipinski definition) is 1. The number of pyridine rings is 1. The summed E-state index contributed by atoms with van der Waals surface area (Å²) in [7, 11) is 0. The zero-order valence-corrected chi connectivity index (χ0v) is 15.4. The molecule has 1 N–H and O–H groups in total. The van der Waals surface area contributed by atoms with Crippen LogP contribution in [0.1, 0.15) is 35.7 Å². The molecule has 0 saturated carbocycles. The second-order valence-corrected chi connectivity index (χ2v) is 7.16. The van der Waals surface area contributed by atoms with Crippen molar-refractivity contribution >= 4 is 28.9 Å². The Bertz CT molecular complexity index is 833. The second kappa shape index (κ2) is 7.76. The summed E-state index contributed by atoms with van der Waals surface area (Å²) in [6.07, 6.45) is 0.335. The number of anilines is 2. The first-order chi connectivity index (χ1) is 12.7. The number of nitrogens with zero attached hydrogens (tertiary/aromatic N) is 2. The summed E-state index contributed by atoms with van der Waals surface area (Å²) < 4.78 is 38.7. The van der Waals surface area contributed by atoms with Gasteiger partial charge in [0.25, 0.3) is 5.91 Å². The normalized spacial score (nSPS) is 15.7. The Labute approximate surface area is 160 Å². The molecule has 0 atom stereocenters. The van der Waals surface area contributed by atoms with Gasteiger partial charge in [0, 0.05) is 19.3 Å². The van der Waals surface area contributed by atoms with E-state index in [9.17, 15) is 18.0 Å². The molecule has 0 aliphatic carbocycles. The van der Waals surface area contributed by atoms with Gasteiger partial charge in [0.2, 0.25) is 0 Å². The van der Waals surface area contributed by atoms with Crippen molar-refractivity contribution in [3.63, 3.8) is 0 Å². The molecule has 1 amide bonds. The molecular formula is C19H19ClF3N3O. The number of nitrogens with one attached hydrogen (secondary N) is 1. The Morgan fingerprint density at radius 2 is 1.93 bits per heavy atom. The highest BCUT2D eigenvalue weighted by atomic mass is 35.5. The monoisotopic (exact) mass is 397 g/mol. The van der Waals surface area contributed by atoms with Crippen LogP contribution in [0.4, 0.5) is 24.5 Å². The number of amides is 1. The molecule has 1 aromatic heterocycles. The fraction of sp³-hybridized carbons (Fsp3) is 0.368. The van der Waals surface area contributed by atoms with Gasteiger partial charge in [-0.15, -0.1) is 0 Å². The highest BCUT2D eigenvalue weighted by Crippen LogP contribution is 2.35. The van der Waals surface area contributed by atoms with Crippen molar-refractivity contribution in [2.45, 2.75) is 25.9 Å². The average molecular weight is 398 g/mol. The molecule has 1 aromatic carbocycles. The van der Waals surface area contributed by atoms with Gasteiger partial charge in [-0.3, -0.25) is 9.78 Å². The number of carbonyl (C=O) groups is 1. The van der Waals surface area contributed by atoms with Crippen LogP contribution in [0.5, 0.6) is 0 Å². The summed E-state index contributed by atoms with van der Waals surface area (Å²) in [5.74, 6) is 0.469. The van der Waals surface area contributed by atoms with Crippen molar-refractivity contribution in [2.24, 2.45) is 5.92 Å². The highest BCUT2D eigenvalue weighted by Gasteiger charge is 2.31. The zero-order valence-electron chi connectivity index (χ0n) is 14.7. The number of likely N-dealkylation sites (tertiary alicyclic amines) is 1. The number of hydrogen-bond acceptors (Lipinski definition) is 3. The van der Waals surface area contributed by atoms with E-state index < -0.39 is 11.7 Å². The predicted octanol–water partition coefficient (Wildman–Crippen LogP) is 5.37. The van der Waals surface area contributed by atoms with E-state index in [4.69, 9.17) is 11.6 Å². The molecule has 1 saturated heterocycles. The van der Waals surface area contributed by atoms with Crippen LogP contribution in [0, 0.1) is 5.92 Å². The number of piperidine rings is 1. The average Bonchev–Trinajstić information content (AvgIpc) is 2.63. The van der Waals surface area contributed by atoms with Gasteiger partial charge in [-0.25, -0.2) is 0 Å². The number of alkyl halides is 3. The van der Waals surface area contributed by atoms with E-state index in [-0.39, 0.29) is 16.6 Å². The molecule has 8 heteroatoms. The van der Waals surface area contributed by atoms with Gasteiger partial charge >= 0.3 is 6.18 Å². The van der Waals surface area contributed by atoms with Crippen LogP contribution >= 0.6 is 11.6 Å². The fourth-order valence-electron chi connectivity index (χ4n) is 2.97. The molecule has 1 aliphatic heterocycles. The summed E-state index contributed by atoms with van der Waals surface area (Å²) in [4.78, 5) is 18.5. The molecule has 3 rings (SSSR count). The second-order valence-electron chi connectivity index (χ2n) is 6.75. The lowest BCUT2D eigenvalue weighted by molar-refractivity contribution is -0.137. The highest BCUT2D eigenvalue weighted by molar-refractivity contribution is 6.33. The number of aromatic nitrogens is 1. The maximum Gasteiger partial charge on any atom is 0.416 e. The molecule has 0 spiro atoms. The van der Waals surface area contributed by atoms with Crippen molar-refractivity contribution in [2.75, 3.05) is 18.4 Å². The minimum atomic E-state index is -4.47. The van der Waals surface area contributed by atoms with Gasteiger partial charge in [-0.2, -0.15) is 13.2 Å². The topological polar surface area (TPSA) is 45.2 Å². The summed E-state index contributed by atoms with van der Waals surface area (Å²) in [5.41, 5.74) is 0.0758. The lowest BCUT2D eigenvalue weighted by Gasteiger charge is -2.30. The van der Waals surface area contributed by atoms with E-state index in [2.05, 4.69) is 17.2 Å². The molecule has 2 aromatic rings. The molecule has 144 valence electrons. The van der Waals surface area contributed by atoms with E-state index in [0.29, 0.717) is 30.3 Å². The van der Waals surface area contributed by atoms with E-state index >= 15 is 0 Å². The Morgan fingerprint density at radius 3 is 2.59 bits per heavy atom. The van der Waals surface area contributed by atoms with E-state index in [1.807, 2.05) is 0 Å². The van der Waals surface area contributed by atoms with Gasteiger partial charge in [-0.1, -0.05) is 18.5 Å². The third kappa shape index (κ3) is 4.71. The summed E-state index contributed by atoms with van der Waals surface area (Å²) in [6.45, 7) is 3.54. The van der Waals surface area contributed by atoms with E-state index in [1.165, 1.54) is 18.5 Å². The van der Waals surface area contributed by atoms with Crippen LogP contribution in [0.3, 0.4) is 0 Å². The van der Waals surface area contributed by atoms with Crippen LogP contribution in [0.2, 0.25) is 5.02 Å². The van der Waals surface area contributed by atoms with Crippen molar-refractivity contribution in [1.82, 2.24) is 9.88 Å².